The third-order valence-corrected chi connectivity index (χ3v) is 8.34. The molecule has 0 amide bonds. The van der Waals surface area contributed by atoms with E-state index in [0.29, 0.717) is 29.6 Å². The van der Waals surface area contributed by atoms with Gasteiger partial charge >= 0.3 is 12.6 Å². The van der Waals surface area contributed by atoms with Crippen molar-refractivity contribution < 1.29 is 27.8 Å². The van der Waals surface area contributed by atoms with E-state index in [9.17, 15) is 18.4 Å². The standard InChI is InChI=1S/C31H28Cl2F2N2O5/c32-23-14-36-29(38)28(33)22(23)13-26(20-6-8-25(42-31(34)35)27(12-20)40-16-18-3-4-18)41-30(39)21-5-7-24-19(11-21)9-10-37(24)15-17-1-2-17/h5-12,14,17-18,26,31H,1-4,13,15-16H2,(H,36,38). The summed E-state index contributed by atoms with van der Waals surface area (Å²) < 4.78 is 44.9. The third-order valence-electron chi connectivity index (χ3n) is 7.61. The van der Waals surface area contributed by atoms with Gasteiger partial charge in [-0.25, -0.2) is 4.79 Å². The van der Waals surface area contributed by atoms with Gasteiger partial charge in [-0.15, -0.1) is 0 Å². The number of esters is 1. The zero-order valence-electron chi connectivity index (χ0n) is 22.5. The summed E-state index contributed by atoms with van der Waals surface area (Å²) in [6.07, 6.45) is 6.75. The first-order valence-corrected chi connectivity index (χ1v) is 14.6. The molecule has 2 aromatic heterocycles. The molecule has 0 bridgehead atoms. The third kappa shape index (κ3) is 6.57. The van der Waals surface area contributed by atoms with Gasteiger partial charge in [-0.2, -0.15) is 8.78 Å². The summed E-state index contributed by atoms with van der Waals surface area (Å²) in [6, 6.07) is 11.7. The zero-order chi connectivity index (χ0) is 29.4. The van der Waals surface area contributed by atoms with Crippen molar-refractivity contribution in [3.8, 4) is 11.5 Å². The summed E-state index contributed by atoms with van der Waals surface area (Å²) >= 11 is 12.7. The Hall–Kier alpha value is -3.56. The van der Waals surface area contributed by atoms with Crippen LogP contribution in [0.15, 0.2) is 59.7 Å². The number of halogens is 4. The van der Waals surface area contributed by atoms with Gasteiger partial charge in [-0.1, -0.05) is 29.3 Å². The second-order valence-electron chi connectivity index (χ2n) is 10.9. The minimum absolute atomic E-state index is 0.0511. The number of rotatable bonds is 12. The Kier molecular flexibility index (Phi) is 8.14. The van der Waals surface area contributed by atoms with E-state index in [1.807, 2.05) is 18.3 Å². The lowest BCUT2D eigenvalue weighted by Gasteiger charge is -2.21. The number of pyridine rings is 1. The van der Waals surface area contributed by atoms with E-state index in [-0.39, 0.29) is 33.5 Å². The second kappa shape index (κ2) is 12.0. The number of nitrogens with one attached hydrogen (secondary N) is 1. The SMILES string of the molecule is O=C(OC(Cc1c(Cl)c[nH]c(=O)c1Cl)c1ccc(OC(F)F)c(OCC2CC2)c1)c1ccc2c(ccn2CC2CC2)c1. The largest absolute Gasteiger partial charge is 0.489 e. The molecule has 2 heterocycles. The van der Waals surface area contributed by atoms with Crippen molar-refractivity contribution in [2.45, 2.75) is 51.4 Å². The number of benzene rings is 2. The Bertz CT molecular complexity index is 1680. The molecular weight excluding hydrogens is 589 g/mol. The highest BCUT2D eigenvalue weighted by Crippen LogP contribution is 2.38. The molecule has 1 atom stereocenters. The number of hydrogen-bond acceptors (Lipinski definition) is 5. The quantitative estimate of drug-likeness (QED) is 0.166. The van der Waals surface area contributed by atoms with E-state index in [2.05, 4.69) is 14.3 Å². The molecule has 0 aliphatic heterocycles. The fourth-order valence-corrected chi connectivity index (χ4v) is 5.41. The van der Waals surface area contributed by atoms with Gasteiger partial charge in [0.15, 0.2) is 11.5 Å². The molecule has 1 N–H and O–H groups in total. The summed E-state index contributed by atoms with van der Waals surface area (Å²) in [4.78, 5) is 28.2. The minimum Gasteiger partial charge on any atom is -0.489 e. The van der Waals surface area contributed by atoms with Crippen LogP contribution in [0.3, 0.4) is 0 Å². The number of carbonyl (C=O) groups excluding carboxylic acids is 1. The fourth-order valence-electron chi connectivity index (χ4n) is 4.91. The molecule has 0 saturated heterocycles. The second-order valence-corrected chi connectivity index (χ2v) is 11.7. The van der Waals surface area contributed by atoms with Crippen LogP contribution in [0.5, 0.6) is 11.5 Å². The number of H-pyrrole nitrogens is 1. The molecule has 1 unspecified atom stereocenters. The van der Waals surface area contributed by atoms with E-state index in [4.69, 9.17) is 32.7 Å². The van der Waals surface area contributed by atoms with Crippen LogP contribution in [0.2, 0.25) is 10.0 Å². The minimum atomic E-state index is -3.05. The number of aromatic nitrogens is 2. The number of hydrogen-bond donors (Lipinski definition) is 1. The topological polar surface area (TPSA) is 82.6 Å². The number of ether oxygens (including phenoxy) is 3. The maximum Gasteiger partial charge on any atom is 0.387 e. The first kappa shape index (κ1) is 28.6. The molecule has 220 valence electrons. The van der Waals surface area contributed by atoms with Crippen molar-refractivity contribution >= 4 is 40.1 Å². The monoisotopic (exact) mass is 616 g/mol. The molecule has 2 aliphatic carbocycles. The fraction of sp³-hybridized carbons (Fsp3) is 0.355. The number of carbonyl (C=O) groups is 1. The highest BCUT2D eigenvalue weighted by Gasteiger charge is 2.27. The van der Waals surface area contributed by atoms with E-state index in [1.54, 1.807) is 12.1 Å². The van der Waals surface area contributed by atoms with E-state index in [0.717, 1.165) is 30.3 Å². The Morgan fingerprint density at radius 1 is 1.02 bits per heavy atom. The predicted molar refractivity (Wildman–Crippen MR) is 155 cm³/mol. The lowest BCUT2D eigenvalue weighted by atomic mass is 10.0. The van der Waals surface area contributed by atoms with Crippen molar-refractivity contribution in [1.82, 2.24) is 9.55 Å². The molecule has 2 aromatic carbocycles. The van der Waals surface area contributed by atoms with Crippen molar-refractivity contribution in [2.75, 3.05) is 6.61 Å². The summed E-state index contributed by atoms with van der Waals surface area (Å²) in [5, 5.41) is 0.957. The Balaban J connectivity index is 1.32. The van der Waals surface area contributed by atoms with Crippen LogP contribution < -0.4 is 15.0 Å². The number of alkyl halides is 2. The van der Waals surface area contributed by atoms with Crippen LogP contribution >= 0.6 is 23.2 Å². The Labute approximate surface area is 250 Å². The lowest BCUT2D eigenvalue weighted by Crippen LogP contribution is -2.17. The van der Waals surface area contributed by atoms with Crippen LogP contribution in [0, 0.1) is 11.8 Å². The molecule has 11 heteroatoms. The summed E-state index contributed by atoms with van der Waals surface area (Å²) in [6.45, 7) is -1.75. The molecule has 6 rings (SSSR count). The van der Waals surface area contributed by atoms with Gasteiger partial charge in [-0.05, 0) is 79.5 Å². The van der Waals surface area contributed by atoms with Gasteiger partial charge in [0.25, 0.3) is 5.56 Å². The molecule has 0 radical (unpaired) electrons. The average molecular weight is 617 g/mol. The first-order chi connectivity index (χ1) is 20.2. The van der Waals surface area contributed by atoms with Gasteiger partial charge in [0, 0.05) is 41.8 Å². The van der Waals surface area contributed by atoms with Crippen LogP contribution in [0.25, 0.3) is 10.9 Å². The highest BCUT2D eigenvalue weighted by molar-refractivity contribution is 6.35. The van der Waals surface area contributed by atoms with Gasteiger partial charge in [0.05, 0.1) is 17.2 Å². The summed E-state index contributed by atoms with van der Waals surface area (Å²) in [5.41, 5.74) is 1.53. The molecule has 2 saturated carbocycles. The van der Waals surface area contributed by atoms with Gasteiger partial charge < -0.3 is 23.8 Å². The molecule has 0 spiro atoms. The smallest absolute Gasteiger partial charge is 0.387 e. The van der Waals surface area contributed by atoms with E-state index in [1.165, 1.54) is 37.2 Å². The van der Waals surface area contributed by atoms with Gasteiger partial charge in [0.1, 0.15) is 11.1 Å². The van der Waals surface area contributed by atoms with Crippen LogP contribution in [0.4, 0.5) is 8.78 Å². The maximum atomic E-state index is 13.5. The zero-order valence-corrected chi connectivity index (χ0v) is 24.0. The van der Waals surface area contributed by atoms with Crippen molar-refractivity contribution in [1.29, 1.82) is 0 Å². The molecular formula is C31H28Cl2F2N2O5. The van der Waals surface area contributed by atoms with Crippen LogP contribution in [-0.4, -0.2) is 28.7 Å². The molecule has 2 aliphatic rings. The lowest BCUT2D eigenvalue weighted by molar-refractivity contribution is -0.0515. The summed E-state index contributed by atoms with van der Waals surface area (Å²) in [7, 11) is 0. The van der Waals surface area contributed by atoms with Gasteiger partial charge in [-0.3, -0.25) is 4.79 Å². The Morgan fingerprint density at radius 3 is 2.55 bits per heavy atom. The number of nitrogens with zero attached hydrogens (tertiary/aromatic N) is 1. The molecule has 7 nitrogen and oxygen atoms in total. The van der Waals surface area contributed by atoms with Crippen LogP contribution in [-0.2, 0) is 17.7 Å². The highest BCUT2D eigenvalue weighted by atomic mass is 35.5. The maximum absolute atomic E-state index is 13.5. The average Bonchev–Trinajstić information content (AvgIpc) is 3.91. The van der Waals surface area contributed by atoms with Crippen molar-refractivity contribution in [3.63, 3.8) is 0 Å². The molecule has 42 heavy (non-hydrogen) atoms. The Morgan fingerprint density at radius 2 is 1.81 bits per heavy atom. The van der Waals surface area contributed by atoms with Crippen LogP contribution in [0.1, 0.15) is 53.3 Å². The van der Waals surface area contributed by atoms with Gasteiger partial charge in [0.2, 0.25) is 0 Å². The number of fused-ring (bicyclic) bond motifs is 1. The molecule has 2 fully saturated rings. The van der Waals surface area contributed by atoms with Crippen molar-refractivity contribution in [2.24, 2.45) is 11.8 Å². The first-order valence-electron chi connectivity index (χ1n) is 13.8. The van der Waals surface area contributed by atoms with E-state index < -0.39 is 24.2 Å². The number of aromatic amines is 1. The normalized spacial score (nSPS) is 15.6. The predicted octanol–water partition coefficient (Wildman–Crippen LogP) is 7.58. The molecule has 4 aromatic rings. The van der Waals surface area contributed by atoms with E-state index >= 15 is 0 Å². The summed E-state index contributed by atoms with van der Waals surface area (Å²) in [5.74, 6) is 0.410. The van der Waals surface area contributed by atoms with Crippen molar-refractivity contribution in [3.05, 3.63) is 91.9 Å².